The third kappa shape index (κ3) is 4.21. The number of nitrogens with zero attached hydrogens (tertiary/aromatic N) is 3. The molecule has 0 spiro atoms. The van der Waals surface area contributed by atoms with Crippen LogP contribution in [0, 0.1) is 5.82 Å². The SMILES string of the molecule is O=C(NCCCO)c1cc(-c2ccccc2)nc2c1cnn2Cc1cccc(F)c1. The third-order valence-electron chi connectivity index (χ3n) is 4.77. The minimum Gasteiger partial charge on any atom is -0.396 e. The first-order valence-corrected chi connectivity index (χ1v) is 9.71. The molecule has 0 radical (unpaired) electrons. The molecule has 0 aliphatic heterocycles. The van der Waals surface area contributed by atoms with Gasteiger partial charge in [-0.25, -0.2) is 14.1 Å². The molecule has 2 aromatic carbocycles. The van der Waals surface area contributed by atoms with Crippen LogP contribution in [-0.4, -0.2) is 38.9 Å². The van der Waals surface area contributed by atoms with Crippen LogP contribution in [0.15, 0.2) is 66.9 Å². The number of amides is 1. The quantitative estimate of drug-likeness (QED) is 0.463. The first-order chi connectivity index (χ1) is 14.7. The number of carbonyl (C=O) groups excluding carboxylic acids is 1. The van der Waals surface area contributed by atoms with Crippen molar-refractivity contribution in [2.75, 3.05) is 13.2 Å². The number of rotatable bonds is 7. The second-order valence-corrected chi connectivity index (χ2v) is 6.92. The Morgan fingerprint density at radius 3 is 2.70 bits per heavy atom. The second-order valence-electron chi connectivity index (χ2n) is 6.92. The summed E-state index contributed by atoms with van der Waals surface area (Å²) in [6.45, 7) is 0.711. The van der Waals surface area contributed by atoms with E-state index >= 15 is 0 Å². The van der Waals surface area contributed by atoms with Crippen molar-refractivity contribution in [3.05, 3.63) is 83.8 Å². The molecule has 1 amide bonds. The van der Waals surface area contributed by atoms with E-state index in [9.17, 15) is 9.18 Å². The fourth-order valence-corrected chi connectivity index (χ4v) is 3.29. The molecule has 0 aliphatic carbocycles. The van der Waals surface area contributed by atoms with E-state index in [0.717, 1.165) is 11.1 Å². The number of carbonyl (C=O) groups is 1. The van der Waals surface area contributed by atoms with Crippen LogP contribution in [0.4, 0.5) is 4.39 Å². The van der Waals surface area contributed by atoms with E-state index in [2.05, 4.69) is 10.4 Å². The Labute approximate surface area is 173 Å². The number of fused-ring (bicyclic) bond motifs is 1. The van der Waals surface area contributed by atoms with E-state index < -0.39 is 0 Å². The lowest BCUT2D eigenvalue weighted by Crippen LogP contribution is -2.25. The molecule has 0 aliphatic rings. The smallest absolute Gasteiger partial charge is 0.252 e. The molecule has 4 rings (SSSR count). The van der Waals surface area contributed by atoms with Gasteiger partial charge in [-0.3, -0.25) is 4.79 Å². The Balaban J connectivity index is 1.79. The van der Waals surface area contributed by atoms with Crippen LogP contribution < -0.4 is 5.32 Å². The predicted molar refractivity (Wildman–Crippen MR) is 113 cm³/mol. The summed E-state index contributed by atoms with van der Waals surface area (Å²) >= 11 is 0. The van der Waals surface area contributed by atoms with Gasteiger partial charge in [0.05, 0.1) is 29.4 Å². The molecule has 0 unspecified atom stereocenters. The van der Waals surface area contributed by atoms with Gasteiger partial charge in [-0.05, 0) is 30.2 Å². The maximum Gasteiger partial charge on any atom is 0.252 e. The Bertz CT molecular complexity index is 1170. The fraction of sp³-hybridized carbons (Fsp3) is 0.174. The van der Waals surface area contributed by atoms with E-state index in [0.29, 0.717) is 41.8 Å². The zero-order valence-electron chi connectivity index (χ0n) is 16.3. The summed E-state index contributed by atoms with van der Waals surface area (Å²) in [7, 11) is 0. The number of aliphatic hydroxyl groups excluding tert-OH is 1. The highest BCUT2D eigenvalue weighted by Crippen LogP contribution is 2.25. The number of aromatic nitrogens is 3. The highest BCUT2D eigenvalue weighted by atomic mass is 19.1. The molecule has 30 heavy (non-hydrogen) atoms. The highest BCUT2D eigenvalue weighted by Gasteiger charge is 2.17. The molecule has 2 aromatic heterocycles. The number of aliphatic hydroxyl groups is 1. The molecular weight excluding hydrogens is 383 g/mol. The Hall–Kier alpha value is -3.58. The van der Waals surface area contributed by atoms with Gasteiger partial charge in [0.15, 0.2) is 5.65 Å². The monoisotopic (exact) mass is 404 g/mol. The molecule has 0 saturated carbocycles. The Kier molecular flexibility index (Phi) is 5.81. The maximum atomic E-state index is 13.6. The van der Waals surface area contributed by atoms with Crippen LogP contribution in [0.1, 0.15) is 22.3 Å². The highest BCUT2D eigenvalue weighted by molar-refractivity contribution is 6.06. The molecule has 0 atom stereocenters. The summed E-state index contributed by atoms with van der Waals surface area (Å²) in [5.41, 5.74) is 3.29. The van der Waals surface area contributed by atoms with Gasteiger partial charge >= 0.3 is 0 Å². The lowest BCUT2D eigenvalue weighted by Gasteiger charge is -2.10. The van der Waals surface area contributed by atoms with Crippen molar-refractivity contribution >= 4 is 16.9 Å². The minimum atomic E-state index is -0.314. The van der Waals surface area contributed by atoms with Crippen molar-refractivity contribution in [1.82, 2.24) is 20.1 Å². The van der Waals surface area contributed by atoms with Crippen molar-refractivity contribution in [2.24, 2.45) is 0 Å². The molecule has 7 heteroatoms. The van der Waals surface area contributed by atoms with Gasteiger partial charge in [0.2, 0.25) is 0 Å². The van der Waals surface area contributed by atoms with Crippen LogP contribution >= 0.6 is 0 Å². The number of pyridine rings is 1. The van der Waals surface area contributed by atoms with Crippen molar-refractivity contribution < 1.29 is 14.3 Å². The molecule has 4 aromatic rings. The summed E-state index contributed by atoms with van der Waals surface area (Å²) in [5, 5.41) is 16.8. The van der Waals surface area contributed by atoms with Crippen LogP contribution in [0.3, 0.4) is 0 Å². The standard InChI is InChI=1S/C23H21FN4O2/c24-18-9-4-6-16(12-18)15-28-22-20(14-26-28)19(23(30)25-10-5-11-29)13-21(27-22)17-7-2-1-3-8-17/h1-4,6-9,12-14,29H,5,10-11,15H2,(H,25,30). The van der Waals surface area contributed by atoms with Crippen LogP contribution in [-0.2, 0) is 6.54 Å². The van der Waals surface area contributed by atoms with Gasteiger partial charge in [-0.1, -0.05) is 42.5 Å². The summed E-state index contributed by atoms with van der Waals surface area (Å²) in [6.07, 6.45) is 2.09. The Morgan fingerprint density at radius 2 is 1.93 bits per heavy atom. The minimum absolute atomic E-state index is 0.00681. The fourth-order valence-electron chi connectivity index (χ4n) is 3.29. The zero-order chi connectivity index (χ0) is 20.9. The van der Waals surface area contributed by atoms with E-state index in [1.54, 1.807) is 23.0 Å². The van der Waals surface area contributed by atoms with Crippen LogP contribution in [0.25, 0.3) is 22.3 Å². The summed E-state index contributed by atoms with van der Waals surface area (Å²) < 4.78 is 15.3. The average Bonchev–Trinajstić information content (AvgIpc) is 3.16. The van der Waals surface area contributed by atoms with Gasteiger partial charge in [0.1, 0.15) is 5.82 Å². The number of hydrogen-bond acceptors (Lipinski definition) is 4. The number of nitrogens with one attached hydrogen (secondary N) is 1. The molecule has 0 fully saturated rings. The maximum absolute atomic E-state index is 13.6. The van der Waals surface area contributed by atoms with Gasteiger partial charge in [-0.2, -0.15) is 5.10 Å². The molecule has 2 N–H and O–H groups in total. The molecule has 0 saturated heterocycles. The Morgan fingerprint density at radius 1 is 1.10 bits per heavy atom. The summed E-state index contributed by atoms with van der Waals surface area (Å²) in [5.74, 6) is -0.566. The first-order valence-electron chi connectivity index (χ1n) is 9.71. The lowest BCUT2D eigenvalue weighted by atomic mass is 10.1. The summed E-state index contributed by atoms with van der Waals surface area (Å²) in [4.78, 5) is 17.6. The normalized spacial score (nSPS) is 11.0. The second kappa shape index (κ2) is 8.84. The van der Waals surface area contributed by atoms with Gasteiger partial charge < -0.3 is 10.4 Å². The molecule has 2 heterocycles. The van der Waals surface area contributed by atoms with Crippen molar-refractivity contribution in [3.8, 4) is 11.3 Å². The van der Waals surface area contributed by atoms with Gasteiger partial charge in [0.25, 0.3) is 5.91 Å². The lowest BCUT2D eigenvalue weighted by molar-refractivity contribution is 0.0952. The van der Waals surface area contributed by atoms with E-state index in [1.165, 1.54) is 12.1 Å². The van der Waals surface area contributed by atoms with E-state index in [4.69, 9.17) is 10.1 Å². The molecule has 0 bridgehead atoms. The van der Waals surface area contributed by atoms with Gasteiger partial charge in [0, 0.05) is 18.7 Å². The average molecular weight is 404 g/mol. The van der Waals surface area contributed by atoms with Gasteiger partial charge in [-0.15, -0.1) is 0 Å². The zero-order valence-corrected chi connectivity index (χ0v) is 16.3. The van der Waals surface area contributed by atoms with Crippen LogP contribution in [0.2, 0.25) is 0 Å². The predicted octanol–water partition coefficient (Wildman–Crippen LogP) is 3.40. The number of halogens is 1. The molecule has 6 nitrogen and oxygen atoms in total. The van der Waals surface area contributed by atoms with E-state index in [-0.39, 0.29) is 18.3 Å². The van der Waals surface area contributed by atoms with Crippen molar-refractivity contribution in [2.45, 2.75) is 13.0 Å². The summed E-state index contributed by atoms with van der Waals surface area (Å²) in [6, 6.07) is 17.7. The molecule has 152 valence electrons. The molecular formula is C23H21FN4O2. The number of benzene rings is 2. The van der Waals surface area contributed by atoms with E-state index in [1.807, 2.05) is 36.4 Å². The van der Waals surface area contributed by atoms with Crippen molar-refractivity contribution in [1.29, 1.82) is 0 Å². The van der Waals surface area contributed by atoms with Crippen molar-refractivity contribution in [3.63, 3.8) is 0 Å². The number of hydrogen-bond donors (Lipinski definition) is 2. The largest absolute Gasteiger partial charge is 0.396 e. The first kappa shape index (κ1) is 19.7. The van der Waals surface area contributed by atoms with Crippen LogP contribution in [0.5, 0.6) is 0 Å². The topological polar surface area (TPSA) is 80.0 Å². The third-order valence-corrected chi connectivity index (χ3v) is 4.77.